The summed E-state index contributed by atoms with van der Waals surface area (Å²) in [6.45, 7) is 7.96. The molecular formula is C21H26N2O2. The topological polar surface area (TPSA) is 49.4 Å². The van der Waals surface area contributed by atoms with Crippen LogP contribution in [-0.4, -0.2) is 18.4 Å². The Morgan fingerprint density at radius 1 is 1.04 bits per heavy atom. The van der Waals surface area contributed by atoms with Gasteiger partial charge in [0, 0.05) is 31.3 Å². The second kappa shape index (κ2) is 8.47. The highest BCUT2D eigenvalue weighted by atomic mass is 16.2. The van der Waals surface area contributed by atoms with E-state index in [-0.39, 0.29) is 18.2 Å². The van der Waals surface area contributed by atoms with Crippen LogP contribution in [0.15, 0.2) is 42.5 Å². The van der Waals surface area contributed by atoms with Crippen LogP contribution < -0.4 is 10.2 Å². The smallest absolute Gasteiger partial charge is 0.226 e. The quantitative estimate of drug-likeness (QED) is 0.856. The van der Waals surface area contributed by atoms with Crippen LogP contribution in [0, 0.1) is 13.8 Å². The SMILES string of the molecule is CCc1ccccc1N(CCC(=O)Nc1cc(C)cc(C)c1)C(C)=O. The number of nitrogens with zero attached hydrogens (tertiary/aromatic N) is 1. The first-order chi connectivity index (χ1) is 11.9. The van der Waals surface area contributed by atoms with Gasteiger partial charge in [-0.3, -0.25) is 9.59 Å². The van der Waals surface area contributed by atoms with Crippen molar-refractivity contribution in [3.05, 3.63) is 59.2 Å². The zero-order valence-electron chi connectivity index (χ0n) is 15.4. The summed E-state index contributed by atoms with van der Waals surface area (Å²) in [5, 5.41) is 2.92. The van der Waals surface area contributed by atoms with E-state index in [1.54, 1.807) is 4.90 Å². The van der Waals surface area contributed by atoms with Gasteiger partial charge < -0.3 is 10.2 Å². The number of hydrogen-bond acceptors (Lipinski definition) is 2. The summed E-state index contributed by atoms with van der Waals surface area (Å²) in [6.07, 6.45) is 1.10. The number of para-hydroxylation sites is 1. The van der Waals surface area contributed by atoms with E-state index in [0.717, 1.165) is 34.5 Å². The number of nitrogens with one attached hydrogen (secondary N) is 1. The predicted octanol–water partition coefficient (Wildman–Crippen LogP) is 4.25. The van der Waals surface area contributed by atoms with E-state index in [1.807, 2.05) is 50.2 Å². The number of hydrogen-bond donors (Lipinski definition) is 1. The first-order valence-corrected chi connectivity index (χ1v) is 8.65. The first-order valence-electron chi connectivity index (χ1n) is 8.65. The number of anilines is 2. The molecule has 4 heteroatoms. The predicted molar refractivity (Wildman–Crippen MR) is 103 cm³/mol. The third-order valence-corrected chi connectivity index (χ3v) is 4.11. The highest BCUT2D eigenvalue weighted by Gasteiger charge is 2.16. The lowest BCUT2D eigenvalue weighted by Crippen LogP contribution is -2.32. The summed E-state index contributed by atoms with van der Waals surface area (Å²) in [5.41, 5.74) is 5.00. The van der Waals surface area contributed by atoms with E-state index in [0.29, 0.717) is 6.54 Å². The molecule has 0 unspecified atom stereocenters. The summed E-state index contributed by atoms with van der Waals surface area (Å²) in [6, 6.07) is 13.8. The van der Waals surface area contributed by atoms with Crippen molar-refractivity contribution in [2.24, 2.45) is 0 Å². The third kappa shape index (κ3) is 5.18. The Morgan fingerprint density at radius 2 is 1.68 bits per heavy atom. The standard InChI is InChI=1S/C21H26N2O2/c1-5-18-8-6-7-9-20(18)23(17(4)24)11-10-21(25)22-19-13-15(2)12-16(3)14-19/h6-9,12-14H,5,10-11H2,1-4H3,(H,22,25). The van der Waals surface area contributed by atoms with Gasteiger partial charge in [0.05, 0.1) is 0 Å². The zero-order valence-corrected chi connectivity index (χ0v) is 15.4. The second-order valence-corrected chi connectivity index (χ2v) is 6.33. The molecule has 0 bridgehead atoms. The Morgan fingerprint density at radius 3 is 2.28 bits per heavy atom. The van der Waals surface area contributed by atoms with Crippen molar-refractivity contribution in [1.82, 2.24) is 0 Å². The molecule has 2 aromatic rings. The normalized spacial score (nSPS) is 10.4. The largest absolute Gasteiger partial charge is 0.326 e. The molecule has 2 rings (SSSR count). The van der Waals surface area contributed by atoms with Crippen LogP contribution in [0.2, 0.25) is 0 Å². The fourth-order valence-electron chi connectivity index (χ4n) is 3.00. The Balaban J connectivity index is 2.06. The zero-order chi connectivity index (χ0) is 18.4. The van der Waals surface area contributed by atoms with Crippen LogP contribution in [-0.2, 0) is 16.0 Å². The van der Waals surface area contributed by atoms with Gasteiger partial charge in [0.25, 0.3) is 0 Å². The second-order valence-electron chi connectivity index (χ2n) is 6.33. The maximum atomic E-state index is 12.3. The third-order valence-electron chi connectivity index (χ3n) is 4.11. The van der Waals surface area contributed by atoms with Crippen LogP contribution in [0.3, 0.4) is 0 Å². The van der Waals surface area contributed by atoms with Crippen LogP contribution in [0.1, 0.15) is 37.0 Å². The van der Waals surface area contributed by atoms with Gasteiger partial charge in [-0.2, -0.15) is 0 Å². The van der Waals surface area contributed by atoms with Crippen LogP contribution in [0.25, 0.3) is 0 Å². The minimum Gasteiger partial charge on any atom is -0.326 e. The molecule has 0 saturated carbocycles. The maximum absolute atomic E-state index is 12.3. The number of aryl methyl sites for hydroxylation is 3. The van der Waals surface area contributed by atoms with Gasteiger partial charge in [-0.1, -0.05) is 31.2 Å². The van der Waals surface area contributed by atoms with E-state index in [2.05, 4.69) is 18.3 Å². The fraction of sp³-hybridized carbons (Fsp3) is 0.333. The summed E-state index contributed by atoms with van der Waals surface area (Å²) in [7, 11) is 0. The number of benzene rings is 2. The molecule has 2 amide bonds. The average Bonchev–Trinajstić information content (AvgIpc) is 2.54. The lowest BCUT2D eigenvalue weighted by atomic mass is 10.1. The van der Waals surface area contributed by atoms with Gasteiger partial charge >= 0.3 is 0 Å². The summed E-state index contributed by atoms with van der Waals surface area (Å²) in [4.78, 5) is 26.0. The summed E-state index contributed by atoms with van der Waals surface area (Å²) >= 11 is 0. The number of carbonyl (C=O) groups is 2. The molecule has 0 radical (unpaired) electrons. The molecule has 0 atom stereocenters. The van der Waals surface area contributed by atoms with Crippen molar-refractivity contribution >= 4 is 23.2 Å². The van der Waals surface area contributed by atoms with Crippen molar-refractivity contribution in [3.8, 4) is 0 Å². The van der Waals surface area contributed by atoms with E-state index in [4.69, 9.17) is 0 Å². The van der Waals surface area contributed by atoms with Gasteiger partial charge in [0.1, 0.15) is 0 Å². The number of carbonyl (C=O) groups excluding carboxylic acids is 2. The molecule has 2 aromatic carbocycles. The monoisotopic (exact) mass is 338 g/mol. The molecule has 132 valence electrons. The molecule has 4 nitrogen and oxygen atoms in total. The molecular weight excluding hydrogens is 312 g/mol. The molecule has 25 heavy (non-hydrogen) atoms. The highest BCUT2D eigenvalue weighted by Crippen LogP contribution is 2.21. The first kappa shape index (κ1) is 18.7. The molecule has 0 aromatic heterocycles. The van der Waals surface area contributed by atoms with Crippen LogP contribution >= 0.6 is 0 Å². The number of amides is 2. The van der Waals surface area contributed by atoms with Crippen LogP contribution in [0.4, 0.5) is 11.4 Å². The Kier molecular flexibility index (Phi) is 6.34. The van der Waals surface area contributed by atoms with Crippen molar-refractivity contribution in [3.63, 3.8) is 0 Å². The molecule has 1 N–H and O–H groups in total. The van der Waals surface area contributed by atoms with E-state index >= 15 is 0 Å². The number of rotatable bonds is 6. The van der Waals surface area contributed by atoms with Crippen molar-refractivity contribution < 1.29 is 9.59 Å². The Hall–Kier alpha value is -2.62. The van der Waals surface area contributed by atoms with Crippen LogP contribution in [0.5, 0.6) is 0 Å². The molecule has 0 aliphatic heterocycles. The van der Waals surface area contributed by atoms with Gasteiger partial charge in [-0.25, -0.2) is 0 Å². The van der Waals surface area contributed by atoms with Crippen molar-refractivity contribution in [1.29, 1.82) is 0 Å². The maximum Gasteiger partial charge on any atom is 0.226 e. The molecule has 0 aliphatic carbocycles. The molecule has 0 fully saturated rings. The van der Waals surface area contributed by atoms with Gasteiger partial charge in [0.2, 0.25) is 11.8 Å². The van der Waals surface area contributed by atoms with E-state index in [9.17, 15) is 9.59 Å². The fourth-order valence-corrected chi connectivity index (χ4v) is 3.00. The van der Waals surface area contributed by atoms with E-state index in [1.165, 1.54) is 6.92 Å². The molecule has 0 spiro atoms. The summed E-state index contributed by atoms with van der Waals surface area (Å²) < 4.78 is 0. The highest BCUT2D eigenvalue weighted by molar-refractivity contribution is 5.95. The lowest BCUT2D eigenvalue weighted by Gasteiger charge is -2.23. The molecule has 0 saturated heterocycles. The minimum atomic E-state index is -0.0924. The van der Waals surface area contributed by atoms with Crippen molar-refractivity contribution in [2.45, 2.75) is 40.5 Å². The Labute approximate surface area is 149 Å². The average molecular weight is 338 g/mol. The van der Waals surface area contributed by atoms with Gasteiger partial charge in [-0.15, -0.1) is 0 Å². The minimum absolute atomic E-state index is 0.0555. The van der Waals surface area contributed by atoms with E-state index < -0.39 is 0 Å². The lowest BCUT2D eigenvalue weighted by molar-refractivity contribution is -0.117. The molecule has 0 heterocycles. The Bertz CT molecular complexity index is 748. The van der Waals surface area contributed by atoms with Gasteiger partial charge in [0.15, 0.2) is 0 Å². The van der Waals surface area contributed by atoms with Crippen molar-refractivity contribution in [2.75, 3.05) is 16.8 Å². The molecule has 0 aliphatic rings. The summed E-state index contributed by atoms with van der Waals surface area (Å²) in [5.74, 6) is -0.148. The van der Waals surface area contributed by atoms with Gasteiger partial charge in [-0.05, 0) is 55.2 Å².